The van der Waals surface area contributed by atoms with Crippen LogP contribution in [0.4, 0.5) is 0 Å². The van der Waals surface area contributed by atoms with Crippen molar-refractivity contribution < 1.29 is 18.3 Å². The molecule has 0 aliphatic rings. The molecule has 18 heavy (non-hydrogen) atoms. The molecule has 0 amide bonds. The fraction of sp³-hybridized carbons (Fsp3) is 0.417. The molecular formula is C12H15ClO4S. The number of rotatable bonds is 5. The zero-order valence-electron chi connectivity index (χ0n) is 10.2. The van der Waals surface area contributed by atoms with Gasteiger partial charge in [-0.05, 0) is 37.1 Å². The van der Waals surface area contributed by atoms with Crippen molar-refractivity contribution >= 4 is 27.4 Å². The summed E-state index contributed by atoms with van der Waals surface area (Å²) >= 11 is 5.70. The first-order valence-corrected chi connectivity index (χ1v) is 7.41. The topological polar surface area (TPSA) is 71.4 Å². The number of hydrogen-bond acceptors (Lipinski definition) is 3. The molecule has 1 N–H and O–H groups in total. The molecule has 0 fully saturated rings. The van der Waals surface area contributed by atoms with Gasteiger partial charge in [-0.2, -0.15) is 0 Å². The summed E-state index contributed by atoms with van der Waals surface area (Å²) in [5.74, 6) is -1.32. The molecule has 100 valence electrons. The number of aliphatic carboxylic acids is 1. The van der Waals surface area contributed by atoms with Crippen molar-refractivity contribution in [3.63, 3.8) is 0 Å². The molecule has 1 rings (SSSR count). The van der Waals surface area contributed by atoms with Crippen molar-refractivity contribution in [3.8, 4) is 0 Å². The lowest BCUT2D eigenvalue weighted by molar-refractivity contribution is -0.140. The first kappa shape index (κ1) is 15.0. The van der Waals surface area contributed by atoms with Crippen LogP contribution in [-0.2, 0) is 14.6 Å². The smallest absolute Gasteiger partial charge is 0.325 e. The minimum absolute atomic E-state index is 0.0157. The van der Waals surface area contributed by atoms with Gasteiger partial charge in [0.05, 0.1) is 4.90 Å². The van der Waals surface area contributed by atoms with Gasteiger partial charge in [-0.25, -0.2) is 8.42 Å². The highest BCUT2D eigenvalue weighted by Crippen LogP contribution is 2.32. The van der Waals surface area contributed by atoms with Crippen molar-refractivity contribution in [3.05, 3.63) is 29.3 Å². The highest BCUT2D eigenvalue weighted by Gasteiger charge is 2.48. The van der Waals surface area contributed by atoms with Crippen molar-refractivity contribution in [2.75, 3.05) is 0 Å². The summed E-state index contributed by atoms with van der Waals surface area (Å²) in [6.45, 7) is 3.12. The summed E-state index contributed by atoms with van der Waals surface area (Å²) in [5, 5.41) is 9.68. The molecule has 1 aromatic carbocycles. The number of hydrogen-bond donors (Lipinski definition) is 1. The van der Waals surface area contributed by atoms with Crippen LogP contribution in [0.5, 0.6) is 0 Å². The van der Waals surface area contributed by atoms with Crippen LogP contribution < -0.4 is 0 Å². The molecular weight excluding hydrogens is 276 g/mol. The highest BCUT2D eigenvalue weighted by atomic mass is 35.5. The van der Waals surface area contributed by atoms with E-state index in [-0.39, 0.29) is 17.7 Å². The van der Waals surface area contributed by atoms with E-state index in [2.05, 4.69) is 0 Å². The summed E-state index contributed by atoms with van der Waals surface area (Å²) in [6.07, 6.45) is 0.0353. The monoisotopic (exact) mass is 290 g/mol. The Morgan fingerprint density at radius 1 is 1.22 bits per heavy atom. The number of sulfone groups is 1. The average molecular weight is 291 g/mol. The summed E-state index contributed by atoms with van der Waals surface area (Å²) in [4.78, 5) is 11.3. The Morgan fingerprint density at radius 2 is 1.67 bits per heavy atom. The Labute approximate surface area is 112 Å². The third kappa shape index (κ3) is 2.24. The zero-order chi connectivity index (χ0) is 14.0. The second-order valence-electron chi connectivity index (χ2n) is 3.96. The van der Waals surface area contributed by atoms with Crippen LogP contribution in [-0.4, -0.2) is 24.2 Å². The molecule has 0 bridgehead atoms. The summed E-state index contributed by atoms with van der Waals surface area (Å²) in [7, 11) is -3.94. The Balaban J connectivity index is 3.44. The van der Waals surface area contributed by atoms with E-state index >= 15 is 0 Å². The Kier molecular flexibility index (Phi) is 4.40. The fourth-order valence-corrected chi connectivity index (χ4v) is 3.95. The summed E-state index contributed by atoms with van der Waals surface area (Å²) in [5.41, 5.74) is 0. The lowest BCUT2D eigenvalue weighted by Gasteiger charge is -2.26. The van der Waals surface area contributed by atoms with Crippen LogP contribution in [0.1, 0.15) is 26.7 Å². The first-order chi connectivity index (χ1) is 8.31. The zero-order valence-corrected chi connectivity index (χ0v) is 11.8. The first-order valence-electron chi connectivity index (χ1n) is 5.55. The number of carboxylic acids is 1. The van der Waals surface area contributed by atoms with Crippen LogP contribution in [0.2, 0.25) is 5.02 Å². The number of benzene rings is 1. The van der Waals surface area contributed by atoms with Crippen LogP contribution >= 0.6 is 11.6 Å². The number of carboxylic acid groups (broad SMARTS) is 1. The van der Waals surface area contributed by atoms with E-state index < -0.39 is 20.6 Å². The maximum Gasteiger partial charge on any atom is 0.325 e. The molecule has 0 atom stereocenters. The standard InChI is InChI=1S/C12H15ClO4S/c1-3-12(4-2,11(14)15)18(16,17)10-7-5-9(13)6-8-10/h5-8H,3-4H2,1-2H3,(H,14,15). The van der Waals surface area contributed by atoms with Gasteiger partial charge in [0, 0.05) is 5.02 Å². The molecule has 0 aliphatic carbocycles. The lowest BCUT2D eigenvalue weighted by atomic mass is 10.0. The minimum Gasteiger partial charge on any atom is -0.480 e. The average Bonchev–Trinajstić information content (AvgIpc) is 2.31. The molecule has 0 aromatic heterocycles. The molecule has 1 aromatic rings. The Morgan fingerprint density at radius 3 is 2.00 bits per heavy atom. The van der Waals surface area contributed by atoms with Gasteiger partial charge in [0.1, 0.15) is 0 Å². The van der Waals surface area contributed by atoms with Crippen LogP contribution in [0.25, 0.3) is 0 Å². The third-order valence-corrected chi connectivity index (χ3v) is 6.10. The SMILES string of the molecule is CCC(CC)(C(=O)O)S(=O)(=O)c1ccc(Cl)cc1. The number of halogens is 1. The van der Waals surface area contributed by atoms with Crippen molar-refractivity contribution in [2.45, 2.75) is 36.3 Å². The van der Waals surface area contributed by atoms with Gasteiger partial charge in [-0.1, -0.05) is 25.4 Å². The predicted molar refractivity (Wildman–Crippen MR) is 69.6 cm³/mol. The third-order valence-electron chi connectivity index (χ3n) is 3.17. The van der Waals surface area contributed by atoms with E-state index in [9.17, 15) is 18.3 Å². The molecule has 0 radical (unpaired) electrons. The minimum atomic E-state index is -3.94. The van der Waals surface area contributed by atoms with E-state index in [0.29, 0.717) is 5.02 Å². The van der Waals surface area contributed by atoms with E-state index in [4.69, 9.17) is 11.6 Å². The van der Waals surface area contributed by atoms with Crippen molar-refractivity contribution in [1.82, 2.24) is 0 Å². The van der Waals surface area contributed by atoms with Gasteiger partial charge in [-0.3, -0.25) is 4.79 Å². The molecule has 4 nitrogen and oxygen atoms in total. The van der Waals surface area contributed by atoms with Crippen molar-refractivity contribution in [1.29, 1.82) is 0 Å². The van der Waals surface area contributed by atoms with Gasteiger partial charge in [0.15, 0.2) is 14.6 Å². The fourth-order valence-electron chi connectivity index (χ4n) is 1.89. The normalized spacial score (nSPS) is 12.4. The second-order valence-corrected chi connectivity index (χ2v) is 6.66. The molecule has 0 spiro atoms. The van der Waals surface area contributed by atoms with E-state index in [0.717, 1.165) is 0 Å². The lowest BCUT2D eigenvalue weighted by Crippen LogP contribution is -2.45. The molecule has 0 aliphatic heterocycles. The molecule has 6 heteroatoms. The van der Waals surface area contributed by atoms with Crippen LogP contribution in [0, 0.1) is 0 Å². The summed E-state index contributed by atoms with van der Waals surface area (Å²) < 4.78 is 23.1. The Bertz CT molecular complexity index is 530. The molecule has 0 unspecified atom stereocenters. The van der Waals surface area contributed by atoms with Crippen LogP contribution in [0.3, 0.4) is 0 Å². The molecule has 0 heterocycles. The maximum atomic E-state index is 12.4. The van der Waals surface area contributed by atoms with E-state index in [1.165, 1.54) is 24.3 Å². The second kappa shape index (κ2) is 5.28. The predicted octanol–water partition coefficient (Wildman–Crippen LogP) is 2.76. The molecule has 0 saturated heterocycles. The molecule has 0 saturated carbocycles. The van der Waals surface area contributed by atoms with E-state index in [1.807, 2.05) is 0 Å². The van der Waals surface area contributed by atoms with Gasteiger partial charge < -0.3 is 5.11 Å². The summed E-state index contributed by atoms with van der Waals surface area (Å²) in [6, 6.07) is 5.54. The van der Waals surface area contributed by atoms with Gasteiger partial charge >= 0.3 is 5.97 Å². The van der Waals surface area contributed by atoms with Gasteiger partial charge in [0.2, 0.25) is 0 Å². The van der Waals surface area contributed by atoms with Crippen molar-refractivity contribution in [2.24, 2.45) is 0 Å². The number of carbonyl (C=O) groups is 1. The van der Waals surface area contributed by atoms with Gasteiger partial charge in [0.25, 0.3) is 0 Å². The maximum absolute atomic E-state index is 12.4. The van der Waals surface area contributed by atoms with E-state index in [1.54, 1.807) is 13.8 Å². The quantitative estimate of drug-likeness (QED) is 0.905. The Hall–Kier alpha value is -1.07. The van der Waals surface area contributed by atoms with Crippen LogP contribution in [0.15, 0.2) is 29.2 Å². The largest absolute Gasteiger partial charge is 0.480 e. The van der Waals surface area contributed by atoms with Gasteiger partial charge in [-0.15, -0.1) is 0 Å². The highest BCUT2D eigenvalue weighted by molar-refractivity contribution is 7.93.